The van der Waals surface area contributed by atoms with Gasteiger partial charge in [0, 0.05) is 0 Å². The quantitative estimate of drug-likeness (QED) is 0.639. The highest BCUT2D eigenvalue weighted by molar-refractivity contribution is 6.34. The van der Waals surface area contributed by atoms with Gasteiger partial charge in [0.1, 0.15) is 0 Å². The molecule has 1 nitrogen and oxygen atoms in total. The molecular weight excluding hydrogens is 150 g/mol. The van der Waals surface area contributed by atoms with E-state index in [2.05, 4.69) is 18.8 Å². The first-order valence-corrected chi connectivity index (χ1v) is 6.55. The lowest BCUT2D eigenvalue weighted by Crippen LogP contribution is -2.30. The van der Waals surface area contributed by atoms with E-state index in [1.54, 1.807) is 0 Å². The first-order chi connectivity index (χ1) is 5.29. The number of rotatable bonds is 3. The maximum Gasteiger partial charge on any atom is 0.0950 e. The third kappa shape index (κ3) is 3.92. The van der Waals surface area contributed by atoms with E-state index in [1.807, 2.05) is 0 Å². The predicted molar refractivity (Wildman–Crippen MR) is 53.7 cm³/mol. The topological polar surface area (TPSA) is 12.0 Å². The summed E-state index contributed by atoms with van der Waals surface area (Å²) < 4.78 is 0. The zero-order valence-electron chi connectivity index (χ0n) is 7.90. The normalized spacial score (nSPS) is 22.1. The van der Waals surface area contributed by atoms with Crippen LogP contribution in [0.2, 0.25) is 5.54 Å². The van der Waals surface area contributed by atoms with Crippen LogP contribution in [-0.2, 0) is 0 Å². The van der Waals surface area contributed by atoms with Crippen LogP contribution in [0.4, 0.5) is 0 Å². The van der Waals surface area contributed by atoms with Crippen LogP contribution in [0.15, 0.2) is 0 Å². The number of hydrogen-bond donors (Lipinski definition) is 1. The van der Waals surface area contributed by atoms with Gasteiger partial charge in [0.05, 0.1) is 9.68 Å². The molecule has 11 heavy (non-hydrogen) atoms. The summed E-state index contributed by atoms with van der Waals surface area (Å²) in [6.45, 7) is 4.52. The van der Waals surface area contributed by atoms with Gasteiger partial charge in [-0.2, -0.15) is 0 Å². The molecule has 1 rings (SSSR count). The van der Waals surface area contributed by atoms with Gasteiger partial charge in [-0.05, 0) is 11.6 Å². The largest absolute Gasteiger partial charge is 0.340 e. The molecule has 0 heterocycles. The lowest BCUT2D eigenvalue weighted by Gasteiger charge is -2.22. The Morgan fingerprint density at radius 1 is 1.18 bits per heavy atom. The third-order valence-corrected chi connectivity index (χ3v) is 4.99. The van der Waals surface area contributed by atoms with Crippen molar-refractivity contribution in [2.75, 3.05) is 0 Å². The van der Waals surface area contributed by atoms with Gasteiger partial charge in [-0.3, -0.25) is 0 Å². The van der Waals surface area contributed by atoms with Crippen LogP contribution < -0.4 is 4.98 Å². The van der Waals surface area contributed by atoms with E-state index >= 15 is 0 Å². The van der Waals surface area contributed by atoms with Crippen molar-refractivity contribution in [2.24, 2.45) is 0 Å². The molecule has 0 radical (unpaired) electrons. The molecule has 0 aromatic rings. The van der Waals surface area contributed by atoms with E-state index in [0.717, 1.165) is 11.6 Å². The molecule has 0 atom stereocenters. The molecule has 0 unspecified atom stereocenters. The van der Waals surface area contributed by atoms with Gasteiger partial charge in [-0.25, -0.2) is 0 Å². The fourth-order valence-corrected chi connectivity index (χ4v) is 3.58. The monoisotopic (exact) mass is 171 g/mol. The number of hydrogen-bond acceptors (Lipinski definition) is 1. The smallest absolute Gasteiger partial charge is 0.0950 e. The summed E-state index contributed by atoms with van der Waals surface area (Å²) >= 11 is 0. The molecular formula is C9H21NSi. The Labute approximate surface area is 72.9 Å². The average molecular weight is 171 g/mol. The molecule has 0 amide bonds. The highest BCUT2D eigenvalue weighted by Crippen LogP contribution is 2.26. The minimum absolute atomic E-state index is 0.0681. The third-order valence-electron chi connectivity index (χ3n) is 2.54. The van der Waals surface area contributed by atoms with Gasteiger partial charge in [0.2, 0.25) is 0 Å². The Morgan fingerprint density at radius 3 is 2.36 bits per heavy atom. The van der Waals surface area contributed by atoms with Crippen molar-refractivity contribution in [3.05, 3.63) is 0 Å². The lowest BCUT2D eigenvalue weighted by molar-refractivity contribution is 0.495. The summed E-state index contributed by atoms with van der Waals surface area (Å²) in [5.41, 5.74) is 1.12. The number of nitrogens with one attached hydrogen (secondary N) is 1. The summed E-state index contributed by atoms with van der Waals surface area (Å²) in [7, 11) is 0.0681. The van der Waals surface area contributed by atoms with Gasteiger partial charge < -0.3 is 4.98 Å². The van der Waals surface area contributed by atoms with Crippen LogP contribution in [0.3, 0.4) is 0 Å². The molecule has 0 aliphatic heterocycles. The highest BCUT2D eigenvalue weighted by atomic mass is 28.2. The van der Waals surface area contributed by atoms with Crippen molar-refractivity contribution in [2.45, 2.75) is 57.5 Å². The van der Waals surface area contributed by atoms with Crippen molar-refractivity contribution in [1.29, 1.82) is 0 Å². The summed E-state index contributed by atoms with van der Waals surface area (Å²) in [4.78, 5) is 3.65. The fraction of sp³-hybridized carbons (Fsp3) is 1.00. The molecule has 1 N–H and O–H groups in total. The van der Waals surface area contributed by atoms with Crippen LogP contribution in [0.1, 0.15) is 46.0 Å². The van der Waals surface area contributed by atoms with Crippen LogP contribution in [0.25, 0.3) is 0 Å². The molecule has 0 aromatic heterocycles. The van der Waals surface area contributed by atoms with Crippen molar-refractivity contribution in [3.8, 4) is 0 Å². The van der Waals surface area contributed by atoms with Gasteiger partial charge in [-0.15, -0.1) is 0 Å². The Kier molecular flexibility index (Phi) is 4.16. The molecule has 0 aromatic carbocycles. The van der Waals surface area contributed by atoms with E-state index in [1.165, 1.54) is 32.1 Å². The molecule has 1 aliphatic rings. The van der Waals surface area contributed by atoms with Crippen molar-refractivity contribution < 1.29 is 0 Å². The minimum Gasteiger partial charge on any atom is -0.340 e. The van der Waals surface area contributed by atoms with Gasteiger partial charge >= 0.3 is 0 Å². The molecule has 0 spiro atoms. The van der Waals surface area contributed by atoms with Crippen LogP contribution in [-0.4, -0.2) is 15.7 Å². The van der Waals surface area contributed by atoms with E-state index in [0.29, 0.717) is 0 Å². The molecule has 1 saturated carbocycles. The molecule has 0 saturated heterocycles. The second-order valence-electron chi connectivity index (χ2n) is 4.07. The molecule has 2 heteroatoms. The van der Waals surface area contributed by atoms with Crippen LogP contribution in [0, 0.1) is 0 Å². The summed E-state index contributed by atoms with van der Waals surface area (Å²) in [5.74, 6) is 0. The standard InChI is InChI=1S/C9H21NSi/c1-8(2)10-11-9-6-4-3-5-7-9/h8-10H,3-7,11H2,1-2H3. The van der Waals surface area contributed by atoms with Gasteiger partial charge in [-0.1, -0.05) is 46.0 Å². The Bertz CT molecular complexity index is 97.7. The molecule has 66 valence electrons. The van der Waals surface area contributed by atoms with Crippen LogP contribution >= 0.6 is 0 Å². The minimum atomic E-state index is 0.0681. The summed E-state index contributed by atoms with van der Waals surface area (Å²) in [6, 6.07) is 0.726. The maximum absolute atomic E-state index is 3.65. The second-order valence-corrected chi connectivity index (χ2v) is 6.04. The summed E-state index contributed by atoms with van der Waals surface area (Å²) in [5, 5.41) is 0. The highest BCUT2D eigenvalue weighted by Gasteiger charge is 2.13. The van der Waals surface area contributed by atoms with Crippen molar-refractivity contribution in [1.82, 2.24) is 4.98 Å². The summed E-state index contributed by atoms with van der Waals surface area (Å²) in [6.07, 6.45) is 7.53. The Morgan fingerprint density at radius 2 is 1.82 bits per heavy atom. The first kappa shape index (κ1) is 9.27. The van der Waals surface area contributed by atoms with Crippen LogP contribution in [0.5, 0.6) is 0 Å². The maximum atomic E-state index is 3.65. The zero-order valence-corrected chi connectivity index (χ0v) is 9.31. The van der Waals surface area contributed by atoms with Gasteiger partial charge in [0.25, 0.3) is 0 Å². The zero-order chi connectivity index (χ0) is 8.10. The lowest BCUT2D eigenvalue weighted by atomic mass is 10.0. The van der Waals surface area contributed by atoms with E-state index < -0.39 is 0 Å². The molecule has 1 fully saturated rings. The van der Waals surface area contributed by atoms with E-state index in [9.17, 15) is 0 Å². The van der Waals surface area contributed by atoms with E-state index in [-0.39, 0.29) is 9.68 Å². The fourth-order valence-electron chi connectivity index (χ4n) is 1.79. The van der Waals surface area contributed by atoms with Gasteiger partial charge in [0.15, 0.2) is 0 Å². The second kappa shape index (κ2) is 4.94. The first-order valence-electron chi connectivity index (χ1n) is 5.02. The Balaban J connectivity index is 2.05. The molecule has 1 aliphatic carbocycles. The Hall–Kier alpha value is 0.177. The van der Waals surface area contributed by atoms with Crippen molar-refractivity contribution in [3.63, 3.8) is 0 Å². The van der Waals surface area contributed by atoms with Crippen molar-refractivity contribution >= 4 is 9.68 Å². The SMILES string of the molecule is CC(C)N[SiH2]C1CCCCC1. The predicted octanol–water partition coefficient (Wildman–Crippen LogP) is 1.82. The van der Waals surface area contributed by atoms with E-state index in [4.69, 9.17) is 0 Å². The average Bonchev–Trinajstić information content (AvgIpc) is 2.03. The molecule has 0 bridgehead atoms.